The topological polar surface area (TPSA) is 34.1 Å². The minimum atomic E-state index is 0.193. The van der Waals surface area contributed by atoms with Crippen LogP contribution >= 0.6 is 0 Å². The fourth-order valence-electron chi connectivity index (χ4n) is 2.80. The lowest BCUT2D eigenvalue weighted by Gasteiger charge is -2.25. The molecule has 0 aliphatic carbocycles. The molecular weight excluding hydrogens is 248 g/mol. The third-order valence-electron chi connectivity index (χ3n) is 3.72. The summed E-state index contributed by atoms with van der Waals surface area (Å²) in [5.41, 5.74) is 3.63. The average molecular weight is 268 g/mol. The molecule has 0 spiro atoms. The first-order valence-electron chi connectivity index (χ1n) is 7.27. The van der Waals surface area contributed by atoms with Gasteiger partial charge in [-0.15, -0.1) is 0 Å². The van der Waals surface area contributed by atoms with Crippen molar-refractivity contribution in [2.45, 2.75) is 25.8 Å². The highest BCUT2D eigenvalue weighted by Gasteiger charge is 2.20. The quantitative estimate of drug-likeness (QED) is 0.920. The van der Waals surface area contributed by atoms with Gasteiger partial charge in [-0.25, -0.2) is 0 Å². The van der Waals surface area contributed by atoms with Gasteiger partial charge in [0.1, 0.15) is 0 Å². The molecule has 1 unspecified atom stereocenters. The van der Waals surface area contributed by atoms with Gasteiger partial charge in [0.2, 0.25) is 0 Å². The smallest absolute Gasteiger partial charge is 0.0876 e. The Kier molecular flexibility index (Phi) is 3.97. The molecule has 20 heavy (non-hydrogen) atoms. The van der Waals surface area contributed by atoms with Crippen molar-refractivity contribution in [3.05, 3.63) is 53.9 Å². The van der Waals surface area contributed by atoms with Crippen LogP contribution < -0.4 is 5.32 Å². The Morgan fingerprint density at radius 1 is 1.30 bits per heavy atom. The van der Waals surface area contributed by atoms with Crippen molar-refractivity contribution in [3.63, 3.8) is 0 Å². The minimum Gasteiger partial charge on any atom is -0.501 e. The van der Waals surface area contributed by atoms with Gasteiger partial charge in [0.15, 0.2) is 0 Å². The van der Waals surface area contributed by atoms with Gasteiger partial charge in [0.25, 0.3) is 0 Å². The fraction of sp³-hybridized carbons (Fsp3) is 0.353. The maximum atomic E-state index is 5.52. The summed E-state index contributed by atoms with van der Waals surface area (Å²) in [5.74, 6) is 0. The second-order valence-electron chi connectivity index (χ2n) is 5.08. The summed E-state index contributed by atoms with van der Waals surface area (Å²) in [5, 5.41) is 4.76. The van der Waals surface area contributed by atoms with E-state index in [-0.39, 0.29) is 6.04 Å². The van der Waals surface area contributed by atoms with E-state index < -0.39 is 0 Å². The fourth-order valence-corrected chi connectivity index (χ4v) is 2.80. The molecule has 0 radical (unpaired) electrons. The summed E-state index contributed by atoms with van der Waals surface area (Å²) in [7, 11) is 0. The highest BCUT2D eigenvalue weighted by Crippen LogP contribution is 2.31. The lowest BCUT2D eigenvalue weighted by atomic mass is 9.93. The number of hydrogen-bond acceptors (Lipinski definition) is 3. The molecule has 1 aliphatic rings. The van der Waals surface area contributed by atoms with Crippen LogP contribution in [0.15, 0.2) is 48.4 Å². The van der Waals surface area contributed by atoms with Gasteiger partial charge in [-0.3, -0.25) is 4.98 Å². The molecule has 2 aromatic rings. The number of rotatable bonds is 4. The largest absolute Gasteiger partial charge is 0.501 e. The first kappa shape index (κ1) is 13.1. The maximum Gasteiger partial charge on any atom is 0.0876 e. The minimum absolute atomic E-state index is 0.193. The molecule has 3 heteroatoms. The van der Waals surface area contributed by atoms with E-state index in [1.54, 1.807) is 0 Å². The van der Waals surface area contributed by atoms with Crippen molar-refractivity contribution in [1.82, 2.24) is 10.3 Å². The van der Waals surface area contributed by atoms with Gasteiger partial charge < -0.3 is 10.1 Å². The van der Waals surface area contributed by atoms with Crippen molar-refractivity contribution in [2.75, 3.05) is 13.2 Å². The molecule has 0 saturated heterocycles. The summed E-state index contributed by atoms with van der Waals surface area (Å²) in [4.78, 5) is 4.57. The van der Waals surface area contributed by atoms with E-state index in [0.29, 0.717) is 0 Å². The number of pyridine rings is 1. The number of likely N-dealkylation sites (N-methyl/N-ethyl adjacent to an activating group) is 1. The molecule has 104 valence electrons. The summed E-state index contributed by atoms with van der Waals surface area (Å²) >= 11 is 0. The van der Waals surface area contributed by atoms with Gasteiger partial charge in [-0.1, -0.05) is 31.2 Å². The molecule has 1 aromatic carbocycles. The zero-order valence-electron chi connectivity index (χ0n) is 11.8. The molecule has 1 aliphatic heterocycles. The van der Waals surface area contributed by atoms with Crippen LogP contribution in [0.4, 0.5) is 0 Å². The zero-order valence-corrected chi connectivity index (χ0v) is 11.8. The second-order valence-corrected chi connectivity index (χ2v) is 5.08. The first-order chi connectivity index (χ1) is 9.90. The molecule has 1 atom stereocenters. The molecule has 3 nitrogen and oxygen atoms in total. The summed E-state index contributed by atoms with van der Waals surface area (Å²) in [6, 6.07) is 10.7. The number of benzene rings is 1. The summed E-state index contributed by atoms with van der Waals surface area (Å²) < 4.78 is 5.52. The number of fused-ring (bicyclic) bond motifs is 1. The number of para-hydroxylation sites is 1. The molecule has 0 amide bonds. The van der Waals surface area contributed by atoms with E-state index in [9.17, 15) is 0 Å². The maximum absolute atomic E-state index is 5.52. The van der Waals surface area contributed by atoms with Crippen LogP contribution in [0.3, 0.4) is 0 Å². The van der Waals surface area contributed by atoms with Crippen molar-refractivity contribution >= 4 is 10.9 Å². The first-order valence-corrected chi connectivity index (χ1v) is 7.27. The predicted octanol–water partition coefficient (Wildman–Crippen LogP) is 3.58. The highest BCUT2D eigenvalue weighted by atomic mass is 16.5. The standard InChI is InChI=1S/C17H20N2O/c1-2-18-17(14-8-5-11-20-12-14)15-9-3-6-13-7-4-10-19-16(13)15/h3-4,6-7,9-10,12,17-18H,2,5,8,11H2,1H3. The summed E-state index contributed by atoms with van der Waals surface area (Å²) in [6.07, 6.45) is 5.96. The number of nitrogens with zero attached hydrogens (tertiary/aromatic N) is 1. The van der Waals surface area contributed by atoms with Gasteiger partial charge in [0, 0.05) is 11.6 Å². The van der Waals surface area contributed by atoms with Crippen LogP contribution in [0.1, 0.15) is 31.4 Å². The molecule has 1 N–H and O–H groups in total. The Balaban J connectivity index is 2.07. The third kappa shape index (κ3) is 2.54. The Bertz CT molecular complexity index is 616. The SMILES string of the molecule is CCNC(C1=COCCC1)c1cccc2cccnc12. The molecule has 2 heterocycles. The van der Waals surface area contributed by atoms with E-state index in [1.165, 1.54) is 16.5 Å². The Morgan fingerprint density at radius 3 is 3.00 bits per heavy atom. The van der Waals surface area contributed by atoms with E-state index >= 15 is 0 Å². The highest BCUT2D eigenvalue weighted by molar-refractivity contribution is 5.82. The van der Waals surface area contributed by atoms with E-state index in [1.807, 2.05) is 18.5 Å². The van der Waals surface area contributed by atoms with Gasteiger partial charge in [-0.05, 0) is 36.6 Å². The second kappa shape index (κ2) is 6.06. The van der Waals surface area contributed by atoms with E-state index in [0.717, 1.165) is 31.5 Å². The Hall–Kier alpha value is -1.87. The number of aromatic nitrogens is 1. The van der Waals surface area contributed by atoms with Gasteiger partial charge in [0.05, 0.1) is 24.4 Å². The number of hydrogen-bond donors (Lipinski definition) is 1. The molecule has 1 aromatic heterocycles. The molecule has 0 saturated carbocycles. The van der Waals surface area contributed by atoms with Crippen molar-refractivity contribution in [3.8, 4) is 0 Å². The Morgan fingerprint density at radius 2 is 2.20 bits per heavy atom. The van der Waals surface area contributed by atoms with Crippen LogP contribution in [-0.2, 0) is 4.74 Å². The molecule has 0 fully saturated rings. The number of nitrogens with one attached hydrogen (secondary N) is 1. The van der Waals surface area contributed by atoms with Crippen molar-refractivity contribution in [1.29, 1.82) is 0 Å². The normalized spacial score (nSPS) is 16.6. The van der Waals surface area contributed by atoms with Crippen LogP contribution in [0.25, 0.3) is 10.9 Å². The van der Waals surface area contributed by atoms with E-state index in [2.05, 4.69) is 41.5 Å². The van der Waals surface area contributed by atoms with Crippen LogP contribution in [0.5, 0.6) is 0 Å². The van der Waals surface area contributed by atoms with Crippen molar-refractivity contribution < 1.29 is 4.74 Å². The predicted molar refractivity (Wildman–Crippen MR) is 81.4 cm³/mol. The van der Waals surface area contributed by atoms with Gasteiger partial charge in [-0.2, -0.15) is 0 Å². The van der Waals surface area contributed by atoms with Crippen LogP contribution in [-0.4, -0.2) is 18.1 Å². The van der Waals surface area contributed by atoms with E-state index in [4.69, 9.17) is 4.74 Å². The van der Waals surface area contributed by atoms with Crippen molar-refractivity contribution in [2.24, 2.45) is 0 Å². The van der Waals surface area contributed by atoms with Gasteiger partial charge >= 0.3 is 0 Å². The molecule has 3 rings (SSSR count). The van der Waals surface area contributed by atoms with Crippen LogP contribution in [0.2, 0.25) is 0 Å². The number of ether oxygens (including phenoxy) is 1. The van der Waals surface area contributed by atoms with Crippen LogP contribution in [0, 0.1) is 0 Å². The Labute approximate surface area is 119 Å². The lowest BCUT2D eigenvalue weighted by molar-refractivity contribution is 0.219. The average Bonchev–Trinajstić information content (AvgIpc) is 2.53. The zero-order chi connectivity index (χ0) is 13.8. The molecule has 0 bridgehead atoms. The molecular formula is C17H20N2O. The third-order valence-corrected chi connectivity index (χ3v) is 3.72. The summed E-state index contributed by atoms with van der Waals surface area (Å²) in [6.45, 7) is 3.89. The lowest BCUT2D eigenvalue weighted by Crippen LogP contribution is -2.24. The monoisotopic (exact) mass is 268 g/mol.